The Morgan fingerprint density at radius 1 is 1.00 bits per heavy atom. The van der Waals surface area contributed by atoms with Crippen LogP contribution in [0, 0.1) is 12.0 Å². The summed E-state index contributed by atoms with van der Waals surface area (Å²) in [6.45, 7) is 15.5. The van der Waals surface area contributed by atoms with Crippen LogP contribution in [-0.2, 0) is 29.8 Å². The van der Waals surface area contributed by atoms with E-state index in [1.807, 2.05) is 18.2 Å². The second kappa shape index (κ2) is 15.5. The summed E-state index contributed by atoms with van der Waals surface area (Å²) >= 11 is 8.03. The predicted octanol–water partition coefficient (Wildman–Crippen LogP) is 9.79. The Kier molecular flexibility index (Phi) is 15.3. The maximum atomic E-state index is 6.29. The van der Waals surface area contributed by atoms with Crippen LogP contribution in [0.1, 0.15) is 40.2 Å². The molecular formula is C28H35Cl3SiZr. The smallest absolute Gasteiger partial charge is 0.147 e. The maximum Gasteiger partial charge on any atom is -0.147 e. The largest absolute Gasteiger partial charge is 0.147 e. The molecule has 0 saturated heterocycles. The Balaban J connectivity index is 0.000000580. The molecule has 0 aliphatic heterocycles. The summed E-state index contributed by atoms with van der Waals surface area (Å²) in [5.41, 5.74) is 8.42. The van der Waals surface area contributed by atoms with E-state index >= 15 is 0 Å². The summed E-state index contributed by atoms with van der Waals surface area (Å²) in [5.74, 6) is 0.560. The van der Waals surface area contributed by atoms with Crippen molar-refractivity contribution in [3.05, 3.63) is 88.0 Å². The molecule has 1 atom stereocenters. The number of fused-ring (bicyclic) bond motifs is 1. The number of halogens is 3. The van der Waals surface area contributed by atoms with Crippen molar-refractivity contribution in [3.63, 3.8) is 0 Å². The molecule has 0 heterocycles. The molecule has 1 aliphatic rings. The molecule has 0 amide bonds. The fraction of sp³-hybridized carbons (Fsp3) is 0.321. The van der Waals surface area contributed by atoms with Crippen LogP contribution in [0.15, 0.2) is 71.3 Å². The van der Waals surface area contributed by atoms with E-state index in [0.717, 1.165) is 16.8 Å². The standard InChI is InChI=1S/C17H14Cl.C9H13.C2H6Si.2ClH.Zr/c1-2-12-11-15-14(9-6-10-16(15)18)17(12)13-7-4-3-5-8-13;1-6-5-7(2)9(4)8(6)3;1-3-2;;;/h3-11H,2H2,1H3;6H,1-4H3;1-2H3;2*1H;/q2*-1;;;;+2. The van der Waals surface area contributed by atoms with Gasteiger partial charge >= 0.3 is 41.9 Å². The quantitative estimate of drug-likeness (QED) is 0.204. The summed E-state index contributed by atoms with van der Waals surface area (Å²) in [5, 5.41) is 3.25. The summed E-state index contributed by atoms with van der Waals surface area (Å²) in [6, 6.07) is 18.9. The van der Waals surface area contributed by atoms with Crippen LogP contribution in [-0.4, -0.2) is 5.43 Å². The van der Waals surface area contributed by atoms with Gasteiger partial charge in [0.1, 0.15) is 0 Å². The van der Waals surface area contributed by atoms with Gasteiger partial charge in [0.25, 0.3) is 0 Å². The van der Waals surface area contributed by atoms with Crippen molar-refractivity contribution in [1.82, 2.24) is 0 Å². The molecular weight excluding hydrogens is 562 g/mol. The zero-order valence-corrected chi connectivity index (χ0v) is 26.5. The first kappa shape index (κ1) is 32.5. The van der Waals surface area contributed by atoms with Crippen molar-refractivity contribution < 1.29 is 23.3 Å². The van der Waals surface area contributed by atoms with Crippen LogP contribution in [0.5, 0.6) is 0 Å². The van der Waals surface area contributed by atoms with Crippen molar-refractivity contribution in [2.75, 3.05) is 0 Å². The van der Waals surface area contributed by atoms with E-state index in [0.29, 0.717) is 5.92 Å². The molecule has 3 aromatic carbocycles. The predicted molar refractivity (Wildman–Crippen MR) is 151 cm³/mol. The first-order valence-electron chi connectivity index (χ1n) is 10.9. The fourth-order valence-corrected chi connectivity index (χ4v) is 3.94. The first-order chi connectivity index (χ1) is 14.7. The van der Waals surface area contributed by atoms with Crippen molar-refractivity contribution in [2.45, 2.75) is 54.1 Å². The Morgan fingerprint density at radius 2 is 1.58 bits per heavy atom. The molecule has 5 heteroatoms. The summed E-state index contributed by atoms with van der Waals surface area (Å²) < 4.78 is 0. The third-order valence-corrected chi connectivity index (χ3v) is 5.97. The van der Waals surface area contributed by atoms with Crippen LogP contribution in [0.3, 0.4) is 0 Å². The van der Waals surface area contributed by atoms with E-state index in [1.165, 1.54) is 38.8 Å². The van der Waals surface area contributed by atoms with Gasteiger partial charge in [-0.3, -0.25) is 6.08 Å². The van der Waals surface area contributed by atoms with E-state index < -0.39 is 0 Å². The summed E-state index contributed by atoms with van der Waals surface area (Å²) in [6.07, 6.45) is 4.38. The van der Waals surface area contributed by atoms with Crippen LogP contribution in [0.2, 0.25) is 18.1 Å². The minimum Gasteiger partial charge on any atom is -0.147 e. The number of rotatable bonds is 2. The maximum absolute atomic E-state index is 6.29. The molecule has 0 aromatic heterocycles. The van der Waals surface area contributed by atoms with Gasteiger partial charge < -0.3 is 0 Å². The summed E-state index contributed by atoms with van der Waals surface area (Å²) in [4.78, 5) is 0. The molecule has 0 nitrogen and oxygen atoms in total. The third-order valence-electron chi connectivity index (χ3n) is 5.64. The van der Waals surface area contributed by atoms with E-state index in [1.54, 1.807) is 23.3 Å². The molecule has 0 spiro atoms. The summed E-state index contributed by atoms with van der Waals surface area (Å²) in [7, 11) is 0. The van der Waals surface area contributed by atoms with Gasteiger partial charge in [-0.2, -0.15) is 11.1 Å². The Labute approximate surface area is 233 Å². The second-order valence-corrected chi connectivity index (χ2v) is 18.0. The molecule has 3 aromatic rings. The number of benzene rings is 2. The second-order valence-electron chi connectivity index (χ2n) is 8.26. The fourth-order valence-electron chi connectivity index (χ4n) is 3.71. The van der Waals surface area contributed by atoms with Crippen molar-refractivity contribution in [2.24, 2.45) is 5.92 Å². The van der Waals surface area contributed by atoms with Crippen LogP contribution < -0.4 is 0 Å². The number of allylic oxidation sites excluding steroid dienone is 4. The SMILES string of the molecule is CC1=[C-]C(C)C(C)=C1C.CCc1[cH-]c2c(Cl)cccc2c1-c1ccccc1.C[Si](C)=[Zr+2].Cl.Cl. The minimum absolute atomic E-state index is 0. The Bertz CT molecular complexity index is 1110. The molecule has 0 radical (unpaired) electrons. The molecule has 0 N–H and O–H groups in total. The van der Waals surface area contributed by atoms with Crippen molar-refractivity contribution in [3.8, 4) is 11.1 Å². The topological polar surface area (TPSA) is 0 Å². The number of hydrogen-bond acceptors (Lipinski definition) is 0. The molecule has 0 saturated carbocycles. The molecule has 0 fully saturated rings. The normalized spacial score (nSPS) is 14.2. The van der Waals surface area contributed by atoms with Crippen LogP contribution >= 0.6 is 36.4 Å². The van der Waals surface area contributed by atoms with Gasteiger partial charge in [0.15, 0.2) is 0 Å². The van der Waals surface area contributed by atoms with E-state index in [4.69, 9.17) is 11.6 Å². The van der Waals surface area contributed by atoms with Gasteiger partial charge in [-0.1, -0.05) is 81.6 Å². The number of hydrogen-bond donors (Lipinski definition) is 0. The zero-order valence-electron chi connectivity index (χ0n) is 20.7. The average molecular weight is 597 g/mol. The minimum atomic E-state index is 0. The van der Waals surface area contributed by atoms with E-state index in [9.17, 15) is 0 Å². The molecule has 33 heavy (non-hydrogen) atoms. The molecule has 4 rings (SSSR count). The van der Waals surface area contributed by atoms with Gasteiger partial charge in [-0.05, 0) is 11.4 Å². The Hall–Kier alpha value is -0.500. The first-order valence-corrected chi connectivity index (χ1v) is 17.5. The van der Waals surface area contributed by atoms with Crippen LogP contribution in [0.25, 0.3) is 21.9 Å². The molecule has 1 aliphatic carbocycles. The van der Waals surface area contributed by atoms with Crippen LogP contribution in [0.4, 0.5) is 0 Å². The monoisotopic (exact) mass is 594 g/mol. The van der Waals surface area contributed by atoms with Gasteiger partial charge in [-0.25, -0.2) is 5.57 Å². The van der Waals surface area contributed by atoms with Gasteiger partial charge in [0.05, 0.1) is 0 Å². The molecule has 0 bridgehead atoms. The van der Waals surface area contributed by atoms with Gasteiger partial charge in [0, 0.05) is 0 Å². The number of aryl methyl sites for hydroxylation is 1. The van der Waals surface area contributed by atoms with Gasteiger partial charge in [0.2, 0.25) is 0 Å². The Morgan fingerprint density at radius 3 is 2.00 bits per heavy atom. The van der Waals surface area contributed by atoms with E-state index in [2.05, 4.69) is 90.2 Å². The van der Waals surface area contributed by atoms with E-state index in [-0.39, 0.29) is 30.2 Å². The van der Waals surface area contributed by atoms with Crippen molar-refractivity contribution >= 4 is 52.6 Å². The molecule has 176 valence electrons. The third kappa shape index (κ3) is 8.90. The molecule has 1 unspecified atom stereocenters. The van der Waals surface area contributed by atoms with Crippen molar-refractivity contribution in [1.29, 1.82) is 0 Å². The van der Waals surface area contributed by atoms with Gasteiger partial charge in [-0.15, -0.1) is 77.4 Å². The average Bonchev–Trinajstić information content (AvgIpc) is 3.22. The zero-order chi connectivity index (χ0) is 23.1.